The summed E-state index contributed by atoms with van der Waals surface area (Å²) in [6.07, 6.45) is 5.65. The molecule has 0 spiro atoms. The van der Waals surface area contributed by atoms with Gasteiger partial charge in [-0.1, -0.05) is 13.3 Å². The van der Waals surface area contributed by atoms with Crippen molar-refractivity contribution < 1.29 is 9.78 Å². The van der Waals surface area contributed by atoms with Crippen LogP contribution in [0.15, 0.2) is 12.3 Å². The third-order valence-corrected chi connectivity index (χ3v) is 0.703. The van der Waals surface area contributed by atoms with E-state index >= 15 is 0 Å². The molecule has 0 aliphatic heterocycles. The summed E-state index contributed by atoms with van der Waals surface area (Å²) in [7, 11) is 1.48. The highest BCUT2D eigenvalue weighted by Gasteiger charge is 1.71. The van der Waals surface area contributed by atoms with Crippen LogP contribution in [0.5, 0.6) is 0 Å². The standard InChI is InChI=1S/C6H12O2/c1-3-4-5-6-8-7-2/h5-6H,3-4H2,1-2H3. The van der Waals surface area contributed by atoms with Crippen LogP contribution in [0, 0.1) is 0 Å². The van der Waals surface area contributed by atoms with Crippen LogP contribution in [0.4, 0.5) is 0 Å². The van der Waals surface area contributed by atoms with Crippen LogP contribution in [-0.4, -0.2) is 7.11 Å². The predicted octanol–water partition coefficient (Wildman–Crippen LogP) is 1.88. The molecule has 48 valence electrons. The molecule has 0 rings (SSSR count). The quantitative estimate of drug-likeness (QED) is 0.317. The van der Waals surface area contributed by atoms with Crippen LogP contribution in [0.25, 0.3) is 0 Å². The fraction of sp³-hybridized carbons (Fsp3) is 0.667. The number of hydrogen-bond donors (Lipinski definition) is 0. The van der Waals surface area contributed by atoms with Crippen LogP contribution in [0.3, 0.4) is 0 Å². The molecule has 0 aliphatic rings. The van der Waals surface area contributed by atoms with E-state index in [1.807, 2.05) is 6.08 Å². The minimum Gasteiger partial charge on any atom is -0.346 e. The zero-order valence-electron chi connectivity index (χ0n) is 5.39. The maximum absolute atomic E-state index is 4.46. The van der Waals surface area contributed by atoms with E-state index in [1.54, 1.807) is 6.26 Å². The summed E-state index contributed by atoms with van der Waals surface area (Å²) in [5.41, 5.74) is 0. The Hall–Kier alpha value is -0.500. The molecule has 0 aromatic heterocycles. The topological polar surface area (TPSA) is 18.5 Å². The van der Waals surface area contributed by atoms with E-state index in [0.29, 0.717) is 0 Å². The summed E-state index contributed by atoms with van der Waals surface area (Å²) in [4.78, 5) is 8.76. The van der Waals surface area contributed by atoms with Crippen molar-refractivity contribution in [2.45, 2.75) is 19.8 Å². The first-order valence-corrected chi connectivity index (χ1v) is 2.76. The summed E-state index contributed by atoms with van der Waals surface area (Å²) in [5, 5.41) is 0. The van der Waals surface area contributed by atoms with Gasteiger partial charge >= 0.3 is 0 Å². The SMILES string of the molecule is CCCC=COOC. The third kappa shape index (κ3) is 5.50. The van der Waals surface area contributed by atoms with Gasteiger partial charge in [-0.05, 0) is 12.5 Å². The lowest BCUT2D eigenvalue weighted by Crippen LogP contribution is -1.74. The molecule has 2 nitrogen and oxygen atoms in total. The van der Waals surface area contributed by atoms with Crippen LogP contribution < -0.4 is 0 Å². The summed E-state index contributed by atoms with van der Waals surface area (Å²) in [5.74, 6) is 0. The smallest absolute Gasteiger partial charge is 0.125 e. The maximum Gasteiger partial charge on any atom is 0.125 e. The molecule has 0 aromatic carbocycles. The van der Waals surface area contributed by atoms with Crippen molar-refractivity contribution in [1.29, 1.82) is 0 Å². The summed E-state index contributed by atoms with van der Waals surface area (Å²) in [6.45, 7) is 2.11. The Morgan fingerprint density at radius 2 is 2.25 bits per heavy atom. The van der Waals surface area contributed by atoms with Gasteiger partial charge in [-0.3, -0.25) is 0 Å². The van der Waals surface area contributed by atoms with Crippen molar-refractivity contribution in [3.05, 3.63) is 12.3 Å². The molecule has 0 unspecified atom stereocenters. The number of rotatable bonds is 4. The fourth-order valence-corrected chi connectivity index (χ4v) is 0.330. The molecule has 0 aromatic rings. The summed E-state index contributed by atoms with van der Waals surface area (Å²) < 4.78 is 0. The lowest BCUT2D eigenvalue weighted by molar-refractivity contribution is -0.222. The minimum atomic E-state index is 1.04. The van der Waals surface area contributed by atoms with Crippen LogP contribution in [-0.2, 0) is 9.78 Å². The molecule has 0 saturated heterocycles. The second kappa shape index (κ2) is 6.50. The predicted molar refractivity (Wildman–Crippen MR) is 32.1 cm³/mol. The Bertz CT molecular complexity index is 51.5. The molecule has 0 heterocycles. The normalized spacial score (nSPS) is 10.2. The minimum absolute atomic E-state index is 1.04. The van der Waals surface area contributed by atoms with E-state index in [0.717, 1.165) is 12.8 Å². The van der Waals surface area contributed by atoms with E-state index in [-0.39, 0.29) is 0 Å². The molecule has 0 atom stereocenters. The molecule has 0 saturated carbocycles. The lowest BCUT2D eigenvalue weighted by atomic mass is 10.3. The Labute approximate surface area is 50.0 Å². The Morgan fingerprint density at radius 1 is 1.50 bits per heavy atom. The first-order chi connectivity index (χ1) is 3.91. The highest BCUT2D eigenvalue weighted by atomic mass is 17.2. The molecule has 0 aliphatic carbocycles. The monoisotopic (exact) mass is 116 g/mol. The molecule has 0 bridgehead atoms. The Kier molecular flexibility index (Phi) is 6.09. The molecule has 2 heteroatoms. The number of allylic oxidation sites excluding steroid dienone is 1. The summed E-state index contributed by atoms with van der Waals surface area (Å²) >= 11 is 0. The molecular weight excluding hydrogens is 104 g/mol. The Balaban J connectivity index is 2.83. The highest BCUT2D eigenvalue weighted by molar-refractivity contribution is 4.70. The molecule has 8 heavy (non-hydrogen) atoms. The molecule has 0 amide bonds. The Morgan fingerprint density at radius 3 is 2.75 bits per heavy atom. The molecular formula is C6H12O2. The van der Waals surface area contributed by atoms with Gasteiger partial charge in [0.15, 0.2) is 0 Å². The van der Waals surface area contributed by atoms with Gasteiger partial charge in [0.1, 0.15) is 6.26 Å². The zero-order chi connectivity index (χ0) is 6.24. The van der Waals surface area contributed by atoms with Gasteiger partial charge in [-0.15, -0.1) is 0 Å². The lowest BCUT2D eigenvalue weighted by Gasteiger charge is -1.88. The van der Waals surface area contributed by atoms with Crippen molar-refractivity contribution in [3.8, 4) is 0 Å². The van der Waals surface area contributed by atoms with Gasteiger partial charge in [-0.25, -0.2) is 0 Å². The van der Waals surface area contributed by atoms with Crippen molar-refractivity contribution in [2.24, 2.45) is 0 Å². The van der Waals surface area contributed by atoms with E-state index < -0.39 is 0 Å². The number of unbranched alkanes of at least 4 members (excludes halogenated alkanes) is 1. The average Bonchev–Trinajstić information content (AvgIpc) is 1.81. The third-order valence-electron chi connectivity index (χ3n) is 0.703. The van der Waals surface area contributed by atoms with Gasteiger partial charge in [0, 0.05) is 0 Å². The molecule has 0 radical (unpaired) electrons. The first kappa shape index (κ1) is 7.50. The zero-order valence-corrected chi connectivity index (χ0v) is 5.39. The van der Waals surface area contributed by atoms with Gasteiger partial charge in [0.05, 0.1) is 7.11 Å². The van der Waals surface area contributed by atoms with E-state index in [9.17, 15) is 0 Å². The van der Waals surface area contributed by atoms with Crippen molar-refractivity contribution in [2.75, 3.05) is 7.11 Å². The summed E-state index contributed by atoms with van der Waals surface area (Å²) in [6, 6.07) is 0. The van der Waals surface area contributed by atoms with Crippen LogP contribution in [0.2, 0.25) is 0 Å². The van der Waals surface area contributed by atoms with Crippen molar-refractivity contribution >= 4 is 0 Å². The van der Waals surface area contributed by atoms with E-state index in [1.165, 1.54) is 7.11 Å². The van der Waals surface area contributed by atoms with Gasteiger partial charge in [0.2, 0.25) is 0 Å². The number of hydrogen-bond acceptors (Lipinski definition) is 2. The van der Waals surface area contributed by atoms with Gasteiger partial charge in [0.25, 0.3) is 0 Å². The first-order valence-electron chi connectivity index (χ1n) is 2.76. The average molecular weight is 116 g/mol. The van der Waals surface area contributed by atoms with E-state index in [4.69, 9.17) is 0 Å². The molecule has 0 fully saturated rings. The van der Waals surface area contributed by atoms with Crippen molar-refractivity contribution in [3.63, 3.8) is 0 Å². The fourth-order valence-electron chi connectivity index (χ4n) is 0.330. The maximum atomic E-state index is 4.46. The molecule has 0 N–H and O–H groups in total. The van der Waals surface area contributed by atoms with E-state index in [2.05, 4.69) is 16.7 Å². The second-order valence-corrected chi connectivity index (χ2v) is 1.42. The van der Waals surface area contributed by atoms with Crippen LogP contribution >= 0.6 is 0 Å². The van der Waals surface area contributed by atoms with Crippen LogP contribution in [0.1, 0.15) is 19.8 Å². The van der Waals surface area contributed by atoms with Gasteiger partial charge < -0.3 is 4.89 Å². The highest BCUT2D eigenvalue weighted by Crippen LogP contribution is 1.87. The van der Waals surface area contributed by atoms with Crippen molar-refractivity contribution in [1.82, 2.24) is 0 Å². The largest absolute Gasteiger partial charge is 0.346 e. The van der Waals surface area contributed by atoms with Gasteiger partial charge in [-0.2, -0.15) is 4.89 Å². The second-order valence-electron chi connectivity index (χ2n) is 1.42.